The number of aromatic nitrogens is 2. The lowest BCUT2D eigenvalue weighted by Gasteiger charge is -2.10. The van der Waals surface area contributed by atoms with Gasteiger partial charge in [0.05, 0.1) is 0 Å². The molecule has 0 radical (unpaired) electrons. The summed E-state index contributed by atoms with van der Waals surface area (Å²) < 4.78 is 5.03. The molecule has 5 heteroatoms. The van der Waals surface area contributed by atoms with E-state index in [0.29, 0.717) is 5.92 Å². The van der Waals surface area contributed by atoms with E-state index in [2.05, 4.69) is 28.9 Å². The molecule has 1 unspecified atom stereocenters. The molecule has 13 heavy (non-hydrogen) atoms. The number of rotatable bonds is 6. The van der Waals surface area contributed by atoms with Crippen LogP contribution < -0.4 is 0 Å². The molecule has 0 aliphatic heterocycles. The first-order valence-corrected chi connectivity index (χ1v) is 6.76. The van der Waals surface area contributed by atoms with Crippen LogP contribution in [0.1, 0.15) is 19.8 Å². The second kappa shape index (κ2) is 6.68. The molecular weight excluding hydrogens is 220 g/mol. The summed E-state index contributed by atoms with van der Waals surface area (Å²) in [4.78, 5) is 4.13. The van der Waals surface area contributed by atoms with E-state index in [1.165, 1.54) is 24.4 Å². The lowest BCUT2D eigenvalue weighted by Crippen LogP contribution is -2.04. The first kappa shape index (κ1) is 11.3. The summed E-state index contributed by atoms with van der Waals surface area (Å²) in [6.07, 6.45) is 4.11. The van der Waals surface area contributed by atoms with Crippen molar-refractivity contribution >= 4 is 35.9 Å². The SMILES string of the molecule is CCCC(CS)CSc1ncns1. The Morgan fingerprint density at radius 3 is 3.08 bits per heavy atom. The Labute approximate surface area is 93.1 Å². The molecule has 0 N–H and O–H groups in total. The summed E-state index contributed by atoms with van der Waals surface area (Å²) in [5, 5.41) is 0. The number of nitrogens with zero attached hydrogens (tertiary/aromatic N) is 2. The predicted octanol–water partition coefficient (Wildman–Crippen LogP) is 2.98. The van der Waals surface area contributed by atoms with Crippen LogP contribution in [0.2, 0.25) is 0 Å². The quantitative estimate of drug-likeness (QED) is 0.605. The molecule has 1 atom stereocenters. The maximum atomic E-state index is 4.33. The molecule has 1 aromatic heterocycles. The van der Waals surface area contributed by atoms with Crippen molar-refractivity contribution in [3.05, 3.63) is 6.33 Å². The lowest BCUT2D eigenvalue weighted by molar-refractivity contribution is 0.595. The Balaban J connectivity index is 2.23. The van der Waals surface area contributed by atoms with Gasteiger partial charge < -0.3 is 0 Å². The highest BCUT2D eigenvalue weighted by atomic mass is 32.2. The van der Waals surface area contributed by atoms with Gasteiger partial charge in [-0.2, -0.15) is 17.0 Å². The predicted molar refractivity (Wildman–Crippen MR) is 62.9 cm³/mol. The van der Waals surface area contributed by atoms with Crippen LogP contribution in [0.25, 0.3) is 0 Å². The summed E-state index contributed by atoms with van der Waals surface area (Å²) in [7, 11) is 0. The zero-order chi connectivity index (χ0) is 9.52. The molecule has 1 heterocycles. The maximum absolute atomic E-state index is 4.33. The van der Waals surface area contributed by atoms with Crippen molar-refractivity contribution in [1.82, 2.24) is 9.36 Å². The summed E-state index contributed by atoms with van der Waals surface area (Å²) >= 11 is 7.60. The first-order valence-electron chi connectivity index (χ1n) is 4.37. The van der Waals surface area contributed by atoms with Crippen molar-refractivity contribution in [2.75, 3.05) is 11.5 Å². The molecule has 74 valence electrons. The third-order valence-electron chi connectivity index (χ3n) is 1.74. The molecule has 0 aliphatic carbocycles. The molecule has 0 fully saturated rings. The van der Waals surface area contributed by atoms with Crippen molar-refractivity contribution < 1.29 is 0 Å². The average Bonchev–Trinajstić information content (AvgIpc) is 2.64. The number of thiol groups is 1. The van der Waals surface area contributed by atoms with Crippen molar-refractivity contribution in [1.29, 1.82) is 0 Å². The molecule has 0 saturated heterocycles. The molecule has 1 aromatic rings. The van der Waals surface area contributed by atoms with E-state index in [4.69, 9.17) is 0 Å². The minimum atomic E-state index is 0.710. The van der Waals surface area contributed by atoms with Gasteiger partial charge >= 0.3 is 0 Å². The summed E-state index contributed by atoms with van der Waals surface area (Å²) in [6.45, 7) is 2.21. The fraction of sp³-hybridized carbons (Fsp3) is 0.750. The minimum Gasteiger partial charge on any atom is -0.216 e. The second-order valence-electron chi connectivity index (χ2n) is 2.86. The van der Waals surface area contributed by atoms with Crippen molar-refractivity contribution in [3.63, 3.8) is 0 Å². The Bertz CT molecular complexity index is 213. The van der Waals surface area contributed by atoms with E-state index < -0.39 is 0 Å². The van der Waals surface area contributed by atoms with Gasteiger partial charge in [-0.3, -0.25) is 0 Å². The Morgan fingerprint density at radius 2 is 2.54 bits per heavy atom. The van der Waals surface area contributed by atoms with Crippen molar-refractivity contribution in [3.8, 4) is 0 Å². The normalized spacial score (nSPS) is 13.1. The van der Waals surface area contributed by atoms with E-state index in [-0.39, 0.29) is 0 Å². The van der Waals surface area contributed by atoms with Gasteiger partial charge in [-0.05, 0) is 29.6 Å². The third-order valence-corrected chi connectivity index (χ3v) is 4.28. The molecule has 2 nitrogen and oxygen atoms in total. The molecule has 1 rings (SSSR count). The van der Waals surface area contributed by atoms with Crippen LogP contribution in [0.4, 0.5) is 0 Å². The molecule has 0 amide bonds. The maximum Gasteiger partial charge on any atom is 0.169 e. The van der Waals surface area contributed by atoms with Crippen molar-refractivity contribution in [2.24, 2.45) is 5.92 Å². The zero-order valence-corrected chi connectivity index (χ0v) is 10.2. The molecule has 0 bridgehead atoms. The van der Waals surface area contributed by atoms with Crippen molar-refractivity contribution in [2.45, 2.75) is 24.1 Å². The van der Waals surface area contributed by atoms with Crippen LogP contribution in [0.5, 0.6) is 0 Å². The van der Waals surface area contributed by atoms with Crippen LogP contribution in [0.15, 0.2) is 10.7 Å². The third kappa shape index (κ3) is 4.33. The summed E-state index contributed by atoms with van der Waals surface area (Å²) in [5.74, 6) is 2.80. The minimum absolute atomic E-state index is 0.710. The summed E-state index contributed by atoms with van der Waals surface area (Å²) in [5.41, 5.74) is 0. The van der Waals surface area contributed by atoms with Gasteiger partial charge in [0.15, 0.2) is 4.34 Å². The smallest absolute Gasteiger partial charge is 0.169 e. The number of hydrogen-bond donors (Lipinski definition) is 1. The first-order chi connectivity index (χ1) is 6.36. The van der Waals surface area contributed by atoms with E-state index in [9.17, 15) is 0 Å². The van der Waals surface area contributed by atoms with Crippen LogP contribution in [-0.2, 0) is 0 Å². The highest BCUT2D eigenvalue weighted by Gasteiger charge is 2.07. The monoisotopic (exact) mass is 234 g/mol. The fourth-order valence-corrected chi connectivity index (χ4v) is 3.14. The standard InChI is InChI=1S/C8H14N2S3/c1-2-3-7(4-11)5-12-8-9-6-10-13-8/h6-7,11H,2-5H2,1H3. The molecule has 0 spiro atoms. The van der Waals surface area contributed by atoms with Gasteiger partial charge in [0.2, 0.25) is 0 Å². The van der Waals surface area contributed by atoms with E-state index in [1.54, 1.807) is 18.1 Å². The highest BCUT2D eigenvalue weighted by molar-refractivity contribution is 8.00. The van der Waals surface area contributed by atoms with Crippen LogP contribution >= 0.6 is 35.9 Å². The average molecular weight is 234 g/mol. The Kier molecular flexibility index (Phi) is 5.82. The number of thioether (sulfide) groups is 1. The molecule has 0 aromatic carbocycles. The molecular formula is C8H14N2S3. The van der Waals surface area contributed by atoms with E-state index in [1.807, 2.05) is 0 Å². The topological polar surface area (TPSA) is 25.8 Å². The largest absolute Gasteiger partial charge is 0.216 e. The van der Waals surface area contributed by atoms with Gasteiger partial charge in [0.25, 0.3) is 0 Å². The lowest BCUT2D eigenvalue weighted by atomic mass is 10.1. The van der Waals surface area contributed by atoms with Gasteiger partial charge in [-0.1, -0.05) is 25.1 Å². The van der Waals surface area contributed by atoms with Gasteiger partial charge in [0, 0.05) is 5.75 Å². The summed E-state index contributed by atoms with van der Waals surface area (Å²) in [6, 6.07) is 0. The van der Waals surface area contributed by atoms with Gasteiger partial charge in [0.1, 0.15) is 6.33 Å². The van der Waals surface area contributed by atoms with Crippen LogP contribution in [-0.4, -0.2) is 20.9 Å². The van der Waals surface area contributed by atoms with Gasteiger partial charge in [-0.25, -0.2) is 4.98 Å². The molecule has 0 saturated carbocycles. The fourth-order valence-electron chi connectivity index (χ4n) is 1.05. The zero-order valence-electron chi connectivity index (χ0n) is 7.64. The Hall–Kier alpha value is 0.260. The van der Waals surface area contributed by atoms with E-state index >= 15 is 0 Å². The molecule has 0 aliphatic rings. The number of hydrogen-bond acceptors (Lipinski definition) is 5. The highest BCUT2D eigenvalue weighted by Crippen LogP contribution is 2.23. The second-order valence-corrected chi connectivity index (χ2v) is 5.27. The Morgan fingerprint density at radius 1 is 1.69 bits per heavy atom. The van der Waals surface area contributed by atoms with E-state index in [0.717, 1.165) is 15.8 Å². The van der Waals surface area contributed by atoms with Crippen LogP contribution in [0, 0.1) is 5.92 Å². The van der Waals surface area contributed by atoms with Crippen LogP contribution in [0.3, 0.4) is 0 Å². The van der Waals surface area contributed by atoms with Gasteiger partial charge in [-0.15, -0.1) is 0 Å².